The number of halogens is 1. The summed E-state index contributed by atoms with van der Waals surface area (Å²) >= 11 is 6.03. The molecule has 1 atom stereocenters. The summed E-state index contributed by atoms with van der Waals surface area (Å²) in [5.74, 6) is -1.34. The molecule has 0 heterocycles. The molecule has 156 valence electrons. The van der Waals surface area contributed by atoms with Crippen molar-refractivity contribution < 1.29 is 29.0 Å². The second kappa shape index (κ2) is 10.9. The van der Waals surface area contributed by atoms with Crippen LogP contribution < -0.4 is 5.73 Å². The van der Waals surface area contributed by atoms with E-state index in [9.17, 15) is 19.5 Å². The number of aliphatic carboxylic acids is 1. The Bertz CT molecular complexity index is 689. The zero-order valence-electron chi connectivity index (χ0n) is 16.3. The Hall–Kier alpha value is -2.32. The standard InChI is InChI=1S/C19H27ClN2O6/c1-19(2,3)28-18(26)22(15(16(23)24)10-6-7-11-21)17(25)27-12-13-8-4-5-9-14(13)20/h4-5,8-9,15H,6-7,10-12,21H2,1-3H3,(H,23,24)/t15-/m0/s1. The van der Waals surface area contributed by atoms with Crippen LogP contribution in [0.15, 0.2) is 24.3 Å². The van der Waals surface area contributed by atoms with Gasteiger partial charge in [0.05, 0.1) is 0 Å². The largest absolute Gasteiger partial charge is 0.480 e. The fourth-order valence-corrected chi connectivity index (χ4v) is 2.50. The molecule has 0 fully saturated rings. The molecule has 0 radical (unpaired) electrons. The van der Waals surface area contributed by atoms with Crippen LogP contribution >= 0.6 is 11.6 Å². The van der Waals surface area contributed by atoms with Gasteiger partial charge >= 0.3 is 18.2 Å². The van der Waals surface area contributed by atoms with Crippen molar-refractivity contribution in [1.82, 2.24) is 4.90 Å². The van der Waals surface area contributed by atoms with Gasteiger partial charge in [-0.3, -0.25) is 0 Å². The van der Waals surface area contributed by atoms with Crippen LogP contribution in [-0.2, 0) is 20.9 Å². The van der Waals surface area contributed by atoms with Gasteiger partial charge in [0.25, 0.3) is 0 Å². The van der Waals surface area contributed by atoms with Crippen molar-refractivity contribution in [2.75, 3.05) is 6.54 Å². The number of unbranched alkanes of at least 4 members (excludes halogenated alkanes) is 1. The first-order valence-corrected chi connectivity index (χ1v) is 9.30. The predicted octanol–water partition coefficient (Wildman–Crippen LogP) is 3.80. The molecule has 0 aliphatic heterocycles. The van der Waals surface area contributed by atoms with Gasteiger partial charge in [-0.1, -0.05) is 29.8 Å². The lowest BCUT2D eigenvalue weighted by atomic mass is 10.1. The highest BCUT2D eigenvalue weighted by Crippen LogP contribution is 2.20. The van der Waals surface area contributed by atoms with E-state index >= 15 is 0 Å². The summed E-state index contributed by atoms with van der Waals surface area (Å²) in [6.07, 6.45) is -1.19. The lowest BCUT2D eigenvalue weighted by Crippen LogP contribution is -2.50. The van der Waals surface area contributed by atoms with E-state index in [1.165, 1.54) is 0 Å². The summed E-state index contributed by atoms with van der Waals surface area (Å²) in [6, 6.07) is 5.29. The number of carbonyl (C=O) groups is 3. The second-order valence-electron chi connectivity index (χ2n) is 7.13. The molecule has 1 aromatic rings. The van der Waals surface area contributed by atoms with Crippen LogP contribution in [0.4, 0.5) is 9.59 Å². The molecule has 0 bridgehead atoms. The molecule has 0 saturated heterocycles. The maximum absolute atomic E-state index is 12.6. The minimum Gasteiger partial charge on any atom is -0.480 e. The predicted molar refractivity (Wildman–Crippen MR) is 104 cm³/mol. The van der Waals surface area contributed by atoms with Crippen LogP contribution in [0.3, 0.4) is 0 Å². The van der Waals surface area contributed by atoms with Crippen LogP contribution in [0.25, 0.3) is 0 Å². The molecule has 0 unspecified atom stereocenters. The fourth-order valence-electron chi connectivity index (χ4n) is 2.31. The fraction of sp³-hybridized carbons (Fsp3) is 0.526. The highest BCUT2D eigenvalue weighted by molar-refractivity contribution is 6.31. The van der Waals surface area contributed by atoms with E-state index in [4.69, 9.17) is 26.8 Å². The number of nitrogens with zero attached hydrogens (tertiary/aromatic N) is 1. The van der Waals surface area contributed by atoms with E-state index in [0.29, 0.717) is 34.9 Å². The van der Waals surface area contributed by atoms with Crippen molar-refractivity contribution >= 4 is 29.8 Å². The summed E-state index contributed by atoms with van der Waals surface area (Å²) in [5.41, 5.74) is 5.05. The summed E-state index contributed by atoms with van der Waals surface area (Å²) < 4.78 is 10.4. The van der Waals surface area contributed by atoms with E-state index in [-0.39, 0.29) is 13.0 Å². The van der Waals surface area contributed by atoms with Gasteiger partial charge in [-0.2, -0.15) is 4.90 Å². The van der Waals surface area contributed by atoms with Gasteiger partial charge in [-0.05, 0) is 52.6 Å². The van der Waals surface area contributed by atoms with Gasteiger partial charge in [0, 0.05) is 10.6 Å². The first-order chi connectivity index (χ1) is 13.1. The van der Waals surface area contributed by atoms with E-state index in [0.717, 1.165) is 0 Å². The Balaban J connectivity index is 3.02. The number of benzene rings is 1. The average Bonchev–Trinajstić information content (AvgIpc) is 2.58. The van der Waals surface area contributed by atoms with Crippen molar-refractivity contribution in [2.45, 2.75) is 58.3 Å². The van der Waals surface area contributed by atoms with Crippen molar-refractivity contribution in [3.63, 3.8) is 0 Å². The molecule has 0 aliphatic carbocycles. The minimum atomic E-state index is -1.43. The van der Waals surface area contributed by atoms with Crippen molar-refractivity contribution in [1.29, 1.82) is 0 Å². The van der Waals surface area contributed by atoms with E-state index < -0.39 is 29.8 Å². The first-order valence-electron chi connectivity index (χ1n) is 8.92. The Morgan fingerprint density at radius 1 is 1.18 bits per heavy atom. The molecule has 0 spiro atoms. The molecule has 1 aromatic carbocycles. The van der Waals surface area contributed by atoms with Gasteiger partial charge in [0.2, 0.25) is 0 Å². The molecule has 0 saturated carbocycles. The molecule has 2 amide bonds. The van der Waals surface area contributed by atoms with Gasteiger partial charge in [0.1, 0.15) is 18.2 Å². The van der Waals surface area contributed by atoms with Crippen LogP contribution in [0.2, 0.25) is 5.02 Å². The summed E-state index contributed by atoms with van der Waals surface area (Å²) in [6.45, 7) is 5.00. The van der Waals surface area contributed by atoms with Crippen molar-refractivity contribution in [3.8, 4) is 0 Å². The van der Waals surface area contributed by atoms with E-state index in [2.05, 4.69) is 0 Å². The number of carbonyl (C=O) groups excluding carboxylic acids is 2. The molecule has 0 aliphatic rings. The van der Waals surface area contributed by atoms with Crippen LogP contribution in [-0.4, -0.2) is 46.3 Å². The normalized spacial score (nSPS) is 12.2. The molecule has 0 aromatic heterocycles. The van der Waals surface area contributed by atoms with Gasteiger partial charge < -0.3 is 20.3 Å². The molecular weight excluding hydrogens is 388 g/mol. The van der Waals surface area contributed by atoms with Gasteiger partial charge in [-0.15, -0.1) is 0 Å². The Morgan fingerprint density at radius 3 is 2.36 bits per heavy atom. The number of ether oxygens (including phenoxy) is 2. The number of rotatable bonds is 8. The number of carboxylic acid groups (broad SMARTS) is 1. The second-order valence-corrected chi connectivity index (χ2v) is 7.54. The summed E-state index contributed by atoms with van der Waals surface area (Å²) in [4.78, 5) is 37.4. The van der Waals surface area contributed by atoms with E-state index in [1.54, 1.807) is 45.0 Å². The number of hydrogen-bond donors (Lipinski definition) is 2. The number of hydrogen-bond acceptors (Lipinski definition) is 6. The average molecular weight is 415 g/mol. The third-order valence-corrected chi connectivity index (χ3v) is 3.99. The Kier molecular flexibility index (Phi) is 9.21. The molecular formula is C19H27ClN2O6. The maximum atomic E-state index is 12.6. The number of nitrogens with two attached hydrogens (primary N) is 1. The number of imide groups is 1. The molecule has 8 nitrogen and oxygen atoms in total. The Morgan fingerprint density at radius 2 is 1.82 bits per heavy atom. The lowest BCUT2D eigenvalue weighted by molar-refractivity contribution is -0.143. The van der Waals surface area contributed by atoms with Crippen molar-refractivity contribution in [2.24, 2.45) is 5.73 Å². The summed E-state index contributed by atoms with van der Waals surface area (Å²) in [5, 5.41) is 9.94. The lowest BCUT2D eigenvalue weighted by Gasteiger charge is -2.29. The van der Waals surface area contributed by atoms with Gasteiger partial charge in [-0.25, -0.2) is 14.4 Å². The SMILES string of the molecule is CC(C)(C)OC(=O)N(C(=O)OCc1ccccc1Cl)[C@@H](CCCCN)C(=O)O. The highest BCUT2D eigenvalue weighted by atomic mass is 35.5. The third-order valence-electron chi connectivity index (χ3n) is 3.62. The van der Waals surface area contributed by atoms with E-state index in [1.807, 2.05) is 0 Å². The topological polar surface area (TPSA) is 119 Å². The molecule has 1 rings (SSSR count). The van der Waals surface area contributed by atoms with Crippen LogP contribution in [0.5, 0.6) is 0 Å². The molecule has 9 heteroatoms. The van der Waals surface area contributed by atoms with Crippen molar-refractivity contribution in [3.05, 3.63) is 34.9 Å². The number of carboxylic acids is 1. The Labute approximate surface area is 169 Å². The molecule has 28 heavy (non-hydrogen) atoms. The van der Waals surface area contributed by atoms with Gasteiger partial charge in [0.15, 0.2) is 0 Å². The molecule has 3 N–H and O–H groups in total. The minimum absolute atomic E-state index is 0.0347. The van der Waals surface area contributed by atoms with Crippen LogP contribution in [0, 0.1) is 0 Å². The zero-order valence-corrected chi connectivity index (χ0v) is 17.1. The quantitative estimate of drug-likeness (QED) is 0.621. The highest BCUT2D eigenvalue weighted by Gasteiger charge is 2.38. The third kappa shape index (κ3) is 7.74. The van der Waals surface area contributed by atoms with Crippen LogP contribution in [0.1, 0.15) is 45.6 Å². The maximum Gasteiger partial charge on any atom is 0.420 e. The first kappa shape index (κ1) is 23.7. The zero-order chi connectivity index (χ0) is 21.3. The number of amides is 2. The smallest absolute Gasteiger partial charge is 0.420 e. The monoisotopic (exact) mass is 414 g/mol. The summed E-state index contributed by atoms with van der Waals surface area (Å²) in [7, 11) is 0.